The number of benzene rings is 1. The number of thiazole rings is 1. The third-order valence-corrected chi connectivity index (χ3v) is 2.79. The van der Waals surface area contributed by atoms with Crippen molar-refractivity contribution in [3.05, 3.63) is 46.2 Å². The molecule has 0 saturated heterocycles. The molecule has 1 amide bonds. The van der Waals surface area contributed by atoms with E-state index in [1.54, 1.807) is 40.4 Å². The van der Waals surface area contributed by atoms with Gasteiger partial charge in [0.1, 0.15) is 0 Å². The van der Waals surface area contributed by atoms with E-state index >= 15 is 0 Å². The molecule has 0 unspecified atom stereocenters. The first-order chi connectivity index (χ1) is 8.20. The molecule has 2 rings (SSSR count). The van der Waals surface area contributed by atoms with Crippen LogP contribution in [-0.2, 0) is 0 Å². The molecule has 5 nitrogen and oxygen atoms in total. The van der Waals surface area contributed by atoms with E-state index < -0.39 is 6.09 Å². The molecule has 17 heavy (non-hydrogen) atoms. The number of carboxylic acid groups (broad SMARTS) is 1. The molecule has 0 atom stereocenters. The number of nitrogens with zero attached hydrogens (tertiary/aromatic N) is 3. The first kappa shape index (κ1) is 11.1. The molecule has 0 fully saturated rings. The average molecular weight is 245 g/mol. The van der Waals surface area contributed by atoms with Crippen LogP contribution < -0.4 is 4.80 Å². The zero-order valence-electron chi connectivity index (χ0n) is 8.57. The minimum Gasteiger partial charge on any atom is -0.463 e. The molecule has 0 aliphatic heterocycles. The van der Waals surface area contributed by atoms with Crippen molar-refractivity contribution in [2.75, 3.05) is 0 Å². The Kier molecular flexibility index (Phi) is 3.03. The summed E-state index contributed by atoms with van der Waals surface area (Å²) in [6, 6.07) is 8.92. The van der Waals surface area contributed by atoms with Gasteiger partial charge in [0.25, 0.3) is 0 Å². The zero-order chi connectivity index (χ0) is 12.3. The van der Waals surface area contributed by atoms with Gasteiger partial charge in [-0.2, -0.15) is 5.26 Å². The van der Waals surface area contributed by atoms with Crippen LogP contribution in [0.3, 0.4) is 0 Å². The van der Waals surface area contributed by atoms with Crippen molar-refractivity contribution in [1.29, 1.82) is 5.26 Å². The van der Waals surface area contributed by atoms with Crippen molar-refractivity contribution in [3.63, 3.8) is 0 Å². The highest BCUT2D eigenvalue weighted by atomic mass is 32.1. The number of aromatic nitrogens is 1. The summed E-state index contributed by atoms with van der Waals surface area (Å²) in [7, 11) is 0. The highest BCUT2D eigenvalue weighted by Crippen LogP contribution is 2.09. The lowest BCUT2D eigenvalue weighted by Gasteiger charge is -2.02. The Balaban J connectivity index is 2.58. The van der Waals surface area contributed by atoms with E-state index in [9.17, 15) is 4.79 Å². The second-order valence-corrected chi connectivity index (χ2v) is 3.99. The topological polar surface area (TPSA) is 78.4 Å². The van der Waals surface area contributed by atoms with Crippen LogP contribution in [0, 0.1) is 11.3 Å². The molecule has 1 N–H and O–H groups in total. The SMILES string of the molecule is N#Cc1cccc(-n2ccsc2=NC(=O)O)c1. The number of amides is 1. The van der Waals surface area contributed by atoms with Gasteiger partial charge in [0.05, 0.1) is 11.6 Å². The Bertz CT molecular complexity index is 664. The van der Waals surface area contributed by atoms with E-state index in [-0.39, 0.29) is 0 Å². The zero-order valence-corrected chi connectivity index (χ0v) is 9.39. The van der Waals surface area contributed by atoms with Crippen LogP contribution in [0.1, 0.15) is 5.56 Å². The van der Waals surface area contributed by atoms with Crippen molar-refractivity contribution >= 4 is 17.4 Å². The lowest BCUT2D eigenvalue weighted by molar-refractivity contribution is 0.204. The lowest BCUT2D eigenvalue weighted by atomic mass is 10.2. The molecule has 0 radical (unpaired) electrons. The molecule has 0 aliphatic rings. The lowest BCUT2D eigenvalue weighted by Crippen LogP contribution is -2.13. The van der Waals surface area contributed by atoms with Gasteiger partial charge in [0.2, 0.25) is 4.80 Å². The third-order valence-electron chi connectivity index (χ3n) is 2.03. The average Bonchev–Trinajstić information content (AvgIpc) is 2.76. The fraction of sp³-hybridized carbons (Fsp3) is 0. The number of hydrogen-bond acceptors (Lipinski definition) is 3. The van der Waals surface area contributed by atoms with Gasteiger partial charge >= 0.3 is 6.09 Å². The summed E-state index contributed by atoms with van der Waals surface area (Å²) in [6.45, 7) is 0. The maximum absolute atomic E-state index is 10.5. The van der Waals surface area contributed by atoms with Crippen molar-refractivity contribution in [1.82, 2.24) is 4.57 Å². The summed E-state index contributed by atoms with van der Waals surface area (Å²) in [5.41, 5.74) is 1.23. The Morgan fingerprint density at radius 2 is 2.35 bits per heavy atom. The number of rotatable bonds is 1. The second kappa shape index (κ2) is 4.63. The maximum atomic E-state index is 10.5. The van der Waals surface area contributed by atoms with E-state index in [2.05, 4.69) is 4.99 Å². The Hall–Kier alpha value is -2.39. The smallest absolute Gasteiger partial charge is 0.433 e. The summed E-state index contributed by atoms with van der Waals surface area (Å²) >= 11 is 1.22. The Labute approximate surface area is 101 Å². The first-order valence-corrected chi connectivity index (χ1v) is 5.53. The molecule has 6 heteroatoms. The van der Waals surface area contributed by atoms with Crippen LogP contribution in [0.15, 0.2) is 40.8 Å². The second-order valence-electron chi connectivity index (χ2n) is 3.11. The standard InChI is InChI=1S/C11H7N3O2S/c12-7-8-2-1-3-9(6-8)14-4-5-17-10(14)13-11(15)16/h1-6H,(H,15,16). The quantitative estimate of drug-likeness (QED) is 0.834. The minimum absolute atomic E-state index is 0.354. The minimum atomic E-state index is -1.24. The molecule has 0 saturated carbocycles. The van der Waals surface area contributed by atoms with E-state index in [1.807, 2.05) is 6.07 Å². The molecule has 1 aromatic heterocycles. The third kappa shape index (κ3) is 2.41. The molecule has 84 valence electrons. The highest BCUT2D eigenvalue weighted by molar-refractivity contribution is 7.07. The molecule has 1 heterocycles. The largest absolute Gasteiger partial charge is 0.463 e. The molecule has 0 aliphatic carbocycles. The van der Waals surface area contributed by atoms with E-state index in [4.69, 9.17) is 10.4 Å². The van der Waals surface area contributed by atoms with Crippen molar-refractivity contribution in [2.45, 2.75) is 0 Å². The number of hydrogen-bond donors (Lipinski definition) is 1. The molecule has 0 spiro atoms. The molecule has 1 aromatic carbocycles. The maximum Gasteiger partial charge on any atom is 0.433 e. The molecular formula is C11H7N3O2S. The van der Waals surface area contributed by atoms with E-state index in [0.717, 1.165) is 0 Å². The summed E-state index contributed by atoms with van der Waals surface area (Å²) < 4.78 is 1.62. The predicted molar refractivity (Wildman–Crippen MR) is 61.9 cm³/mol. The van der Waals surface area contributed by atoms with Gasteiger partial charge in [-0.05, 0) is 18.2 Å². The van der Waals surface area contributed by atoms with Gasteiger partial charge < -0.3 is 5.11 Å². The van der Waals surface area contributed by atoms with Gasteiger partial charge in [0.15, 0.2) is 0 Å². The Morgan fingerprint density at radius 1 is 1.53 bits per heavy atom. The van der Waals surface area contributed by atoms with Crippen molar-refractivity contribution in [2.24, 2.45) is 4.99 Å². The normalized spacial score (nSPS) is 11.1. The predicted octanol–water partition coefficient (Wildman–Crippen LogP) is 1.99. The van der Waals surface area contributed by atoms with Gasteiger partial charge in [-0.15, -0.1) is 16.3 Å². The van der Waals surface area contributed by atoms with Gasteiger partial charge in [-0.25, -0.2) is 4.79 Å². The first-order valence-electron chi connectivity index (χ1n) is 4.65. The Morgan fingerprint density at radius 3 is 3.06 bits per heavy atom. The summed E-state index contributed by atoms with van der Waals surface area (Å²) in [5.74, 6) is 0. The van der Waals surface area contributed by atoms with Gasteiger partial charge in [0, 0.05) is 17.3 Å². The van der Waals surface area contributed by atoms with Crippen molar-refractivity contribution < 1.29 is 9.90 Å². The van der Waals surface area contributed by atoms with Crippen LogP contribution in [-0.4, -0.2) is 15.8 Å². The number of nitriles is 1. The molecule has 0 bridgehead atoms. The highest BCUT2D eigenvalue weighted by Gasteiger charge is 2.01. The van der Waals surface area contributed by atoms with E-state index in [0.29, 0.717) is 16.1 Å². The fourth-order valence-corrected chi connectivity index (χ4v) is 2.07. The van der Waals surface area contributed by atoms with Crippen LogP contribution >= 0.6 is 11.3 Å². The van der Waals surface area contributed by atoms with E-state index in [1.165, 1.54) is 11.3 Å². The summed E-state index contributed by atoms with van der Waals surface area (Å²) in [5, 5.41) is 19.2. The summed E-state index contributed by atoms with van der Waals surface area (Å²) in [4.78, 5) is 14.4. The monoisotopic (exact) mass is 245 g/mol. The van der Waals surface area contributed by atoms with Crippen LogP contribution in [0.25, 0.3) is 5.69 Å². The molecular weight excluding hydrogens is 238 g/mol. The van der Waals surface area contributed by atoms with Gasteiger partial charge in [-0.1, -0.05) is 6.07 Å². The number of carbonyl (C=O) groups is 1. The van der Waals surface area contributed by atoms with Crippen LogP contribution in [0.4, 0.5) is 4.79 Å². The summed E-state index contributed by atoms with van der Waals surface area (Å²) in [6.07, 6.45) is 0.473. The molecule has 2 aromatic rings. The fourth-order valence-electron chi connectivity index (χ4n) is 1.36. The van der Waals surface area contributed by atoms with Gasteiger partial charge in [-0.3, -0.25) is 4.57 Å². The van der Waals surface area contributed by atoms with Crippen LogP contribution in [0.2, 0.25) is 0 Å². The van der Waals surface area contributed by atoms with Crippen molar-refractivity contribution in [3.8, 4) is 11.8 Å². The van der Waals surface area contributed by atoms with Crippen LogP contribution in [0.5, 0.6) is 0 Å².